The number of aliphatic imine (C=N–C) groups is 1. The van der Waals surface area contributed by atoms with Crippen molar-refractivity contribution in [1.29, 1.82) is 0 Å². The number of halogens is 4. The van der Waals surface area contributed by atoms with Crippen molar-refractivity contribution in [2.24, 2.45) is 10.9 Å². The van der Waals surface area contributed by atoms with Crippen molar-refractivity contribution in [2.45, 2.75) is 19.5 Å². The molecule has 1 aromatic carbocycles. The molecule has 1 atom stereocenters. The molecule has 180 valence electrons. The molecule has 2 aliphatic heterocycles. The summed E-state index contributed by atoms with van der Waals surface area (Å²) in [6, 6.07) is 10.3. The summed E-state index contributed by atoms with van der Waals surface area (Å²) in [7, 11) is 0. The van der Waals surface area contributed by atoms with Gasteiger partial charge in [0.2, 0.25) is 0 Å². The van der Waals surface area contributed by atoms with Gasteiger partial charge >= 0.3 is 6.18 Å². The van der Waals surface area contributed by atoms with Crippen molar-refractivity contribution in [3.8, 4) is 0 Å². The van der Waals surface area contributed by atoms with E-state index in [1.807, 2.05) is 25.1 Å². The van der Waals surface area contributed by atoms with Crippen LogP contribution in [0.3, 0.4) is 0 Å². The molecule has 32 heavy (non-hydrogen) atoms. The monoisotopic (exact) mass is 565 g/mol. The van der Waals surface area contributed by atoms with Crippen molar-refractivity contribution in [2.75, 3.05) is 65.4 Å². The van der Waals surface area contributed by atoms with Crippen LogP contribution in [0.5, 0.6) is 0 Å². The van der Waals surface area contributed by atoms with Gasteiger partial charge in [-0.1, -0.05) is 42.5 Å². The highest BCUT2D eigenvalue weighted by Gasteiger charge is 2.34. The molecule has 3 rings (SSSR count). The van der Waals surface area contributed by atoms with Crippen LogP contribution in [0.1, 0.15) is 18.9 Å². The number of hydrogen-bond acceptors (Lipinski definition) is 3. The summed E-state index contributed by atoms with van der Waals surface area (Å²) in [5.41, 5.74) is 1.21. The summed E-state index contributed by atoms with van der Waals surface area (Å²) in [4.78, 5) is 11.0. The highest BCUT2D eigenvalue weighted by molar-refractivity contribution is 14.0. The molecule has 0 aliphatic carbocycles. The van der Waals surface area contributed by atoms with E-state index in [0.717, 1.165) is 51.6 Å². The number of benzene rings is 1. The van der Waals surface area contributed by atoms with Crippen LogP contribution < -0.4 is 5.32 Å². The van der Waals surface area contributed by atoms with Gasteiger partial charge in [-0.25, -0.2) is 0 Å². The summed E-state index contributed by atoms with van der Waals surface area (Å²) < 4.78 is 37.8. The molecule has 2 saturated heterocycles. The van der Waals surface area contributed by atoms with Gasteiger partial charge in [0.1, 0.15) is 0 Å². The van der Waals surface area contributed by atoms with E-state index in [4.69, 9.17) is 4.99 Å². The molecule has 2 aliphatic rings. The van der Waals surface area contributed by atoms with Crippen LogP contribution in [0.4, 0.5) is 13.2 Å². The van der Waals surface area contributed by atoms with Crippen molar-refractivity contribution in [3.05, 3.63) is 42.0 Å². The number of guanidine groups is 1. The van der Waals surface area contributed by atoms with E-state index < -0.39 is 12.7 Å². The number of likely N-dealkylation sites (tertiary alicyclic amines) is 1. The maximum absolute atomic E-state index is 12.6. The van der Waals surface area contributed by atoms with Crippen molar-refractivity contribution in [1.82, 2.24) is 20.0 Å². The van der Waals surface area contributed by atoms with Gasteiger partial charge in [0.25, 0.3) is 0 Å². The average molecular weight is 565 g/mol. The number of nitrogens with zero attached hydrogens (tertiary/aromatic N) is 4. The zero-order valence-corrected chi connectivity index (χ0v) is 21.1. The first-order valence-electron chi connectivity index (χ1n) is 11.2. The van der Waals surface area contributed by atoms with Gasteiger partial charge in [0.15, 0.2) is 5.96 Å². The predicted molar refractivity (Wildman–Crippen MR) is 135 cm³/mol. The van der Waals surface area contributed by atoms with Gasteiger partial charge in [-0.2, -0.15) is 13.2 Å². The predicted octanol–water partition coefficient (Wildman–Crippen LogP) is 3.79. The van der Waals surface area contributed by atoms with E-state index in [1.54, 1.807) is 0 Å². The van der Waals surface area contributed by atoms with Crippen molar-refractivity contribution in [3.63, 3.8) is 0 Å². The average Bonchev–Trinajstić information content (AvgIpc) is 3.18. The molecule has 9 heteroatoms. The molecule has 1 N–H and O–H groups in total. The van der Waals surface area contributed by atoms with Gasteiger partial charge in [-0.3, -0.25) is 14.8 Å². The lowest BCUT2D eigenvalue weighted by molar-refractivity contribution is -0.143. The molecule has 0 aromatic heterocycles. The molecule has 0 amide bonds. The maximum atomic E-state index is 12.6. The Hall–Kier alpha value is -1.33. The fraction of sp³-hybridized carbons (Fsp3) is 0.609. The third-order valence-electron chi connectivity index (χ3n) is 5.75. The molecular weight excluding hydrogens is 530 g/mol. The molecule has 1 unspecified atom stereocenters. The molecule has 1 aromatic rings. The van der Waals surface area contributed by atoms with Gasteiger partial charge in [0.05, 0.1) is 6.54 Å². The summed E-state index contributed by atoms with van der Waals surface area (Å²) >= 11 is 0. The van der Waals surface area contributed by atoms with E-state index in [-0.39, 0.29) is 29.9 Å². The molecule has 0 bridgehead atoms. The number of nitrogens with one attached hydrogen (secondary N) is 1. The maximum Gasteiger partial charge on any atom is 0.401 e. The Morgan fingerprint density at radius 1 is 1.09 bits per heavy atom. The Morgan fingerprint density at radius 3 is 2.47 bits per heavy atom. The minimum absolute atomic E-state index is 0. The number of piperazine rings is 1. The highest BCUT2D eigenvalue weighted by atomic mass is 127. The standard InChI is InChI=1S/C23H34F3N5.HI/c1-2-27-22(28-17-21-10-12-30(18-21)19-23(24,25)26)31-15-13-29(14-16-31)11-6-9-20-7-4-3-5-8-20;/h3-9,21H,2,10-19H2,1H3,(H,27,28);1H/b9-6+;. The Balaban J connectivity index is 0.00000363. The van der Waals surface area contributed by atoms with Crippen LogP contribution in [-0.4, -0.2) is 92.3 Å². The Labute approximate surface area is 206 Å². The molecular formula is C23H35F3IN5. The van der Waals surface area contributed by atoms with E-state index in [1.165, 1.54) is 10.5 Å². The first-order chi connectivity index (χ1) is 14.9. The van der Waals surface area contributed by atoms with Gasteiger partial charge in [-0.15, -0.1) is 24.0 Å². The fourth-order valence-electron chi connectivity index (χ4n) is 4.14. The van der Waals surface area contributed by atoms with E-state index in [0.29, 0.717) is 19.6 Å². The SMILES string of the molecule is CCNC(=NCC1CCN(CC(F)(F)F)C1)N1CCN(C/C=C/c2ccccc2)CC1.I. The fourth-order valence-corrected chi connectivity index (χ4v) is 4.14. The van der Waals surface area contributed by atoms with E-state index in [9.17, 15) is 13.2 Å². The molecule has 2 fully saturated rings. The zero-order valence-electron chi connectivity index (χ0n) is 18.7. The minimum Gasteiger partial charge on any atom is -0.357 e. The summed E-state index contributed by atoms with van der Waals surface area (Å²) in [5, 5.41) is 3.36. The smallest absolute Gasteiger partial charge is 0.357 e. The van der Waals surface area contributed by atoms with Crippen LogP contribution in [-0.2, 0) is 0 Å². The quantitative estimate of drug-likeness (QED) is 0.310. The van der Waals surface area contributed by atoms with Crippen LogP contribution in [0.15, 0.2) is 41.4 Å². The van der Waals surface area contributed by atoms with Crippen LogP contribution in [0.25, 0.3) is 6.08 Å². The lowest BCUT2D eigenvalue weighted by atomic mass is 10.1. The lowest BCUT2D eigenvalue weighted by Crippen LogP contribution is -2.52. The number of hydrogen-bond donors (Lipinski definition) is 1. The Morgan fingerprint density at radius 2 is 1.81 bits per heavy atom. The summed E-state index contributed by atoms with van der Waals surface area (Å²) in [5.74, 6) is 1.08. The van der Waals surface area contributed by atoms with Crippen LogP contribution >= 0.6 is 24.0 Å². The molecule has 0 saturated carbocycles. The normalized spacial score (nSPS) is 21.2. The first-order valence-corrected chi connectivity index (χ1v) is 11.2. The van der Waals surface area contributed by atoms with E-state index >= 15 is 0 Å². The van der Waals surface area contributed by atoms with Gasteiger partial charge in [-0.05, 0) is 31.4 Å². The summed E-state index contributed by atoms with van der Waals surface area (Å²) in [6.07, 6.45) is 1.02. The molecule has 0 radical (unpaired) electrons. The molecule has 5 nitrogen and oxygen atoms in total. The second kappa shape index (κ2) is 13.4. The number of alkyl halides is 3. The number of rotatable bonds is 7. The first kappa shape index (κ1) is 26.9. The van der Waals surface area contributed by atoms with Gasteiger partial charge < -0.3 is 10.2 Å². The van der Waals surface area contributed by atoms with Gasteiger partial charge in [0, 0.05) is 52.4 Å². The second-order valence-electron chi connectivity index (χ2n) is 8.30. The lowest BCUT2D eigenvalue weighted by Gasteiger charge is -2.36. The van der Waals surface area contributed by atoms with Crippen molar-refractivity contribution >= 4 is 36.0 Å². The molecule has 2 heterocycles. The largest absolute Gasteiger partial charge is 0.401 e. The van der Waals surface area contributed by atoms with Crippen molar-refractivity contribution < 1.29 is 13.2 Å². The highest BCUT2D eigenvalue weighted by Crippen LogP contribution is 2.23. The third kappa shape index (κ3) is 9.27. The summed E-state index contributed by atoms with van der Waals surface area (Å²) in [6.45, 7) is 8.22. The third-order valence-corrected chi connectivity index (χ3v) is 5.75. The van der Waals surface area contributed by atoms with E-state index in [2.05, 4.69) is 39.4 Å². The Kier molecular flexibility index (Phi) is 11.3. The topological polar surface area (TPSA) is 34.1 Å². The zero-order chi connectivity index (χ0) is 22.1. The van der Waals surface area contributed by atoms with Crippen LogP contribution in [0.2, 0.25) is 0 Å². The second-order valence-corrected chi connectivity index (χ2v) is 8.30. The Bertz CT molecular complexity index is 718. The molecule has 0 spiro atoms. The minimum atomic E-state index is -4.12. The van der Waals surface area contributed by atoms with Crippen LogP contribution in [0, 0.1) is 5.92 Å².